The number of halogens is 1. The molecule has 0 bridgehead atoms. The normalized spacial score (nSPS) is 20.3. The number of hydrogen-bond donors (Lipinski definition) is 0. The lowest BCUT2D eigenvalue weighted by Gasteiger charge is -2.19. The second kappa shape index (κ2) is 7.59. The summed E-state index contributed by atoms with van der Waals surface area (Å²) in [5, 5.41) is 0. The van der Waals surface area contributed by atoms with Crippen LogP contribution in [0, 0.1) is 5.82 Å². The van der Waals surface area contributed by atoms with Crippen molar-refractivity contribution in [1.82, 2.24) is 0 Å². The van der Waals surface area contributed by atoms with Crippen LogP contribution in [0.5, 0.6) is 11.5 Å². The number of hydrogen-bond acceptors (Lipinski definition) is 3. The van der Waals surface area contributed by atoms with Crippen LogP contribution in [0.15, 0.2) is 42.5 Å². The molecule has 27 heavy (non-hydrogen) atoms. The van der Waals surface area contributed by atoms with Gasteiger partial charge in [0.15, 0.2) is 11.5 Å². The smallest absolute Gasteiger partial charge is 0.227 e. The average Bonchev–Trinajstić information content (AvgIpc) is 3.32. The Morgan fingerprint density at radius 2 is 1.78 bits per heavy atom. The van der Waals surface area contributed by atoms with Gasteiger partial charge in [0.2, 0.25) is 5.91 Å². The molecule has 1 amide bonds. The molecule has 1 aliphatic heterocycles. The fourth-order valence-corrected chi connectivity index (χ4v) is 4.03. The van der Waals surface area contributed by atoms with E-state index in [1.807, 2.05) is 18.2 Å². The van der Waals surface area contributed by atoms with Crippen molar-refractivity contribution < 1.29 is 18.7 Å². The van der Waals surface area contributed by atoms with E-state index >= 15 is 0 Å². The van der Waals surface area contributed by atoms with Gasteiger partial charge in [-0.1, -0.05) is 6.07 Å². The fraction of sp³-hybridized carbons (Fsp3) is 0.409. The summed E-state index contributed by atoms with van der Waals surface area (Å²) < 4.78 is 24.8. The van der Waals surface area contributed by atoms with E-state index in [4.69, 9.17) is 9.47 Å². The van der Waals surface area contributed by atoms with Gasteiger partial charge in [-0.15, -0.1) is 0 Å². The highest BCUT2D eigenvalue weighted by Gasteiger charge is 2.32. The molecule has 1 saturated heterocycles. The summed E-state index contributed by atoms with van der Waals surface area (Å²) in [7, 11) is 1.64. The maximum absolute atomic E-state index is 13.2. The van der Waals surface area contributed by atoms with E-state index in [-0.39, 0.29) is 23.7 Å². The van der Waals surface area contributed by atoms with Gasteiger partial charge in [0.25, 0.3) is 0 Å². The highest BCUT2D eigenvalue weighted by molar-refractivity contribution is 5.96. The first-order valence-corrected chi connectivity index (χ1v) is 9.54. The number of nitrogens with zero attached hydrogens (tertiary/aromatic N) is 1. The summed E-state index contributed by atoms with van der Waals surface area (Å²) in [4.78, 5) is 14.2. The molecule has 4 nitrogen and oxygen atoms in total. The third-order valence-corrected chi connectivity index (χ3v) is 5.52. The first kappa shape index (κ1) is 17.8. The summed E-state index contributed by atoms with van der Waals surface area (Å²) in [6, 6.07) is 12.0. The summed E-state index contributed by atoms with van der Waals surface area (Å²) in [6.45, 7) is 0.583. The Hall–Kier alpha value is -2.56. The molecule has 2 aromatic carbocycles. The quantitative estimate of drug-likeness (QED) is 0.768. The molecule has 0 spiro atoms. The number of methoxy groups -OCH3 is 1. The Bertz CT molecular complexity index is 815. The van der Waals surface area contributed by atoms with E-state index in [0.29, 0.717) is 13.0 Å². The van der Waals surface area contributed by atoms with Gasteiger partial charge >= 0.3 is 0 Å². The molecule has 2 aromatic rings. The molecule has 4 rings (SSSR count). The fourth-order valence-electron chi connectivity index (χ4n) is 4.03. The Kier molecular flexibility index (Phi) is 5.01. The van der Waals surface area contributed by atoms with E-state index in [1.165, 1.54) is 25.0 Å². The van der Waals surface area contributed by atoms with Crippen LogP contribution in [0.1, 0.15) is 43.6 Å². The summed E-state index contributed by atoms with van der Waals surface area (Å²) in [6.07, 6.45) is 5.25. The Morgan fingerprint density at radius 3 is 2.48 bits per heavy atom. The summed E-state index contributed by atoms with van der Waals surface area (Å²) in [5.41, 5.74) is 1.81. The van der Waals surface area contributed by atoms with E-state index in [1.54, 1.807) is 24.1 Å². The third-order valence-electron chi connectivity index (χ3n) is 5.52. The number of benzene rings is 2. The predicted octanol–water partition coefficient (Wildman–Crippen LogP) is 4.68. The molecule has 1 aliphatic carbocycles. The van der Waals surface area contributed by atoms with E-state index in [0.717, 1.165) is 35.6 Å². The third kappa shape index (κ3) is 3.77. The molecule has 1 heterocycles. The zero-order valence-corrected chi connectivity index (χ0v) is 15.5. The molecule has 0 radical (unpaired) electrons. The van der Waals surface area contributed by atoms with Gasteiger partial charge < -0.3 is 14.4 Å². The molecule has 0 aromatic heterocycles. The molecule has 2 fully saturated rings. The first-order valence-electron chi connectivity index (χ1n) is 9.54. The molecular weight excluding hydrogens is 345 g/mol. The van der Waals surface area contributed by atoms with Crippen molar-refractivity contribution in [2.75, 3.05) is 18.6 Å². The number of rotatable bonds is 5. The number of carbonyl (C=O) groups is 1. The largest absolute Gasteiger partial charge is 0.493 e. The average molecular weight is 369 g/mol. The molecule has 0 unspecified atom stereocenters. The SMILES string of the molecule is COc1ccc([C@H]2CC(=O)N(c3ccc(F)cc3)C2)cc1OC1CCCC1. The zero-order valence-electron chi connectivity index (χ0n) is 15.5. The van der Waals surface area contributed by atoms with E-state index in [9.17, 15) is 9.18 Å². The maximum Gasteiger partial charge on any atom is 0.227 e. The maximum atomic E-state index is 13.2. The highest BCUT2D eigenvalue weighted by atomic mass is 19.1. The van der Waals surface area contributed by atoms with Crippen LogP contribution in [0.4, 0.5) is 10.1 Å². The molecule has 1 saturated carbocycles. The van der Waals surface area contributed by atoms with Crippen LogP contribution in [0.3, 0.4) is 0 Å². The number of ether oxygens (including phenoxy) is 2. The standard InChI is InChI=1S/C22H24FNO3/c1-26-20-11-6-15(12-21(20)27-19-4-2-3-5-19)16-13-22(25)24(14-16)18-9-7-17(23)8-10-18/h6-12,16,19H,2-5,13-14H2,1H3/t16-/m0/s1. The van der Waals surface area contributed by atoms with Gasteiger partial charge in [0.05, 0.1) is 13.2 Å². The monoisotopic (exact) mass is 369 g/mol. The van der Waals surface area contributed by atoms with Gasteiger partial charge in [-0.3, -0.25) is 4.79 Å². The predicted molar refractivity (Wildman–Crippen MR) is 102 cm³/mol. The van der Waals surface area contributed by atoms with Crippen LogP contribution >= 0.6 is 0 Å². The summed E-state index contributed by atoms with van der Waals surface area (Å²) >= 11 is 0. The molecule has 142 valence electrons. The van der Waals surface area contributed by atoms with E-state index < -0.39 is 0 Å². The van der Waals surface area contributed by atoms with Gasteiger partial charge in [-0.05, 0) is 67.6 Å². The van der Waals surface area contributed by atoms with Crippen molar-refractivity contribution in [3.8, 4) is 11.5 Å². The Morgan fingerprint density at radius 1 is 1.04 bits per heavy atom. The number of amides is 1. The zero-order chi connectivity index (χ0) is 18.8. The molecular formula is C22H24FNO3. The summed E-state index contributed by atoms with van der Waals surface area (Å²) in [5.74, 6) is 1.32. The van der Waals surface area contributed by atoms with Gasteiger partial charge in [-0.25, -0.2) is 4.39 Å². The Labute approximate surface area is 158 Å². The number of anilines is 1. The van der Waals surface area contributed by atoms with Crippen molar-refractivity contribution in [2.24, 2.45) is 0 Å². The second-order valence-electron chi connectivity index (χ2n) is 7.32. The lowest BCUT2D eigenvalue weighted by molar-refractivity contribution is -0.117. The topological polar surface area (TPSA) is 38.8 Å². The van der Waals surface area contributed by atoms with Crippen molar-refractivity contribution in [2.45, 2.75) is 44.1 Å². The molecule has 0 N–H and O–H groups in total. The van der Waals surface area contributed by atoms with Crippen molar-refractivity contribution in [3.63, 3.8) is 0 Å². The van der Waals surface area contributed by atoms with Crippen LogP contribution < -0.4 is 14.4 Å². The molecule has 2 aliphatic rings. The molecule has 5 heteroatoms. The van der Waals surface area contributed by atoms with Crippen LogP contribution in [-0.2, 0) is 4.79 Å². The minimum Gasteiger partial charge on any atom is -0.493 e. The second-order valence-corrected chi connectivity index (χ2v) is 7.32. The van der Waals surface area contributed by atoms with Crippen LogP contribution in [0.2, 0.25) is 0 Å². The lowest BCUT2D eigenvalue weighted by atomic mass is 9.98. The minimum absolute atomic E-state index is 0.0562. The highest BCUT2D eigenvalue weighted by Crippen LogP contribution is 2.38. The van der Waals surface area contributed by atoms with Crippen LogP contribution in [-0.4, -0.2) is 25.7 Å². The van der Waals surface area contributed by atoms with Gasteiger partial charge in [0.1, 0.15) is 5.82 Å². The van der Waals surface area contributed by atoms with Crippen molar-refractivity contribution >= 4 is 11.6 Å². The Balaban J connectivity index is 1.54. The minimum atomic E-state index is -0.300. The van der Waals surface area contributed by atoms with Gasteiger partial charge in [-0.2, -0.15) is 0 Å². The van der Waals surface area contributed by atoms with Crippen LogP contribution in [0.25, 0.3) is 0 Å². The van der Waals surface area contributed by atoms with Gasteiger partial charge in [0, 0.05) is 24.6 Å². The van der Waals surface area contributed by atoms with E-state index in [2.05, 4.69) is 0 Å². The molecule has 1 atom stereocenters. The first-order chi connectivity index (χ1) is 13.1. The number of carbonyl (C=O) groups excluding carboxylic acids is 1. The van der Waals surface area contributed by atoms with Crippen molar-refractivity contribution in [3.05, 3.63) is 53.8 Å². The lowest BCUT2D eigenvalue weighted by Crippen LogP contribution is -2.24. The van der Waals surface area contributed by atoms with Crippen molar-refractivity contribution in [1.29, 1.82) is 0 Å².